The van der Waals surface area contributed by atoms with Crippen molar-refractivity contribution in [2.75, 3.05) is 23.3 Å². The molecule has 0 aliphatic carbocycles. The van der Waals surface area contributed by atoms with E-state index in [0.717, 1.165) is 37.3 Å². The smallest absolute Gasteiger partial charge is 0.224 e. The summed E-state index contributed by atoms with van der Waals surface area (Å²) in [6.45, 7) is 5.86. The van der Waals surface area contributed by atoms with Crippen molar-refractivity contribution >= 4 is 17.3 Å². The summed E-state index contributed by atoms with van der Waals surface area (Å²) in [5.74, 6) is 0.0720. The Balaban J connectivity index is 1.58. The van der Waals surface area contributed by atoms with Crippen molar-refractivity contribution in [3.05, 3.63) is 60.2 Å². The van der Waals surface area contributed by atoms with Gasteiger partial charge in [0.2, 0.25) is 5.91 Å². The highest BCUT2D eigenvalue weighted by atomic mass is 16.5. The molecule has 1 heterocycles. The molecule has 1 fully saturated rings. The summed E-state index contributed by atoms with van der Waals surface area (Å²) in [4.78, 5) is 14.7. The lowest BCUT2D eigenvalue weighted by atomic mass is 10.1. The molecule has 1 aliphatic rings. The van der Waals surface area contributed by atoms with Gasteiger partial charge in [-0.2, -0.15) is 0 Å². The average Bonchev–Trinajstić information content (AvgIpc) is 2.62. The molecule has 1 saturated heterocycles. The van der Waals surface area contributed by atoms with Gasteiger partial charge in [-0.15, -0.1) is 0 Å². The van der Waals surface area contributed by atoms with Crippen LogP contribution in [-0.2, 0) is 16.0 Å². The summed E-state index contributed by atoms with van der Waals surface area (Å²) in [6, 6.07) is 18.3. The number of anilines is 2. The number of nitrogens with one attached hydrogen (secondary N) is 1. The topological polar surface area (TPSA) is 41.6 Å². The number of para-hydroxylation sites is 2. The fourth-order valence-corrected chi connectivity index (χ4v) is 3.54. The Morgan fingerprint density at radius 3 is 2.42 bits per heavy atom. The van der Waals surface area contributed by atoms with Gasteiger partial charge in [-0.05, 0) is 44.4 Å². The van der Waals surface area contributed by atoms with Crippen LogP contribution in [0.4, 0.5) is 11.4 Å². The number of nitrogens with zero attached hydrogens (tertiary/aromatic N) is 1. The van der Waals surface area contributed by atoms with Crippen molar-refractivity contribution in [1.29, 1.82) is 0 Å². The maximum Gasteiger partial charge on any atom is 0.224 e. The second-order valence-corrected chi connectivity index (χ2v) is 7.07. The van der Waals surface area contributed by atoms with Gasteiger partial charge in [-0.1, -0.05) is 42.5 Å². The molecule has 0 radical (unpaired) electrons. The molecule has 0 bridgehead atoms. The minimum absolute atomic E-state index is 0.0720. The average molecular weight is 352 g/mol. The van der Waals surface area contributed by atoms with Gasteiger partial charge in [0.1, 0.15) is 0 Å². The van der Waals surface area contributed by atoms with Crippen LogP contribution in [0.1, 0.15) is 32.3 Å². The van der Waals surface area contributed by atoms with Crippen molar-refractivity contribution in [3.63, 3.8) is 0 Å². The highest BCUT2D eigenvalue weighted by Gasteiger charge is 2.24. The minimum atomic E-state index is 0.0720. The molecule has 4 heteroatoms. The molecule has 1 N–H and O–H groups in total. The number of carbonyl (C=O) groups is 1. The van der Waals surface area contributed by atoms with Crippen molar-refractivity contribution in [2.24, 2.45) is 0 Å². The van der Waals surface area contributed by atoms with Crippen LogP contribution in [0.3, 0.4) is 0 Å². The van der Waals surface area contributed by atoms with Crippen LogP contribution >= 0.6 is 0 Å². The first-order valence-corrected chi connectivity index (χ1v) is 9.45. The minimum Gasteiger partial charge on any atom is -0.372 e. The number of amides is 1. The number of carbonyl (C=O) groups excluding carboxylic acids is 1. The molecule has 2 aromatic carbocycles. The van der Waals surface area contributed by atoms with Gasteiger partial charge in [0.05, 0.1) is 23.6 Å². The third kappa shape index (κ3) is 5.09. The fourth-order valence-electron chi connectivity index (χ4n) is 3.54. The molecule has 2 aromatic rings. The lowest BCUT2D eigenvalue weighted by molar-refractivity contribution is -0.116. The summed E-state index contributed by atoms with van der Waals surface area (Å²) in [5, 5.41) is 3.10. The van der Waals surface area contributed by atoms with Gasteiger partial charge in [-0.25, -0.2) is 0 Å². The molecule has 3 rings (SSSR count). The molecule has 1 amide bonds. The SMILES string of the molecule is CC1CN(c2ccccc2NC(=O)CCCc2ccccc2)CC(C)O1. The standard InChI is InChI=1S/C22H28N2O2/c1-17-15-24(16-18(2)26-17)21-13-7-6-12-20(21)23-22(25)14-8-11-19-9-4-3-5-10-19/h3-7,9-10,12-13,17-18H,8,11,14-16H2,1-2H3,(H,23,25). The van der Waals surface area contributed by atoms with Crippen molar-refractivity contribution in [1.82, 2.24) is 0 Å². The summed E-state index contributed by atoms with van der Waals surface area (Å²) in [6.07, 6.45) is 2.68. The van der Waals surface area contributed by atoms with Crippen molar-refractivity contribution < 1.29 is 9.53 Å². The molecule has 2 atom stereocenters. The molecule has 26 heavy (non-hydrogen) atoms. The van der Waals surface area contributed by atoms with Crippen LogP contribution in [0.25, 0.3) is 0 Å². The van der Waals surface area contributed by atoms with Crippen LogP contribution in [0, 0.1) is 0 Å². The molecule has 4 nitrogen and oxygen atoms in total. The number of benzene rings is 2. The van der Waals surface area contributed by atoms with Gasteiger partial charge in [-0.3, -0.25) is 4.79 Å². The van der Waals surface area contributed by atoms with E-state index < -0.39 is 0 Å². The lowest BCUT2D eigenvalue weighted by Crippen LogP contribution is -2.45. The van der Waals surface area contributed by atoms with E-state index in [4.69, 9.17) is 4.74 Å². The predicted octanol–water partition coefficient (Wildman–Crippen LogP) is 4.26. The lowest BCUT2D eigenvalue weighted by Gasteiger charge is -2.37. The van der Waals surface area contributed by atoms with Gasteiger partial charge in [0.25, 0.3) is 0 Å². The van der Waals surface area contributed by atoms with Gasteiger partial charge in [0.15, 0.2) is 0 Å². The largest absolute Gasteiger partial charge is 0.372 e. The second kappa shape index (κ2) is 8.86. The first-order chi connectivity index (χ1) is 12.6. The van der Waals surface area contributed by atoms with Crippen LogP contribution in [0.5, 0.6) is 0 Å². The van der Waals surface area contributed by atoms with E-state index in [9.17, 15) is 4.79 Å². The molecule has 1 aliphatic heterocycles. The second-order valence-electron chi connectivity index (χ2n) is 7.07. The Morgan fingerprint density at radius 1 is 1.04 bits per heavy atom. The Labute approximate surface area is 156 Å². The number of rotatable bonds is 6. The van der Waals surface area contributed by atoms with Gasteiger partial charge in [0, 0.05) is 19.5 Å². The maximum atomic E-state index is 12.4. The summed E-state index contributed by atoms with van der Waals surface area (Å²) in [5.41, 5.74) is 3.24. The molecular weight excluding hydrogens is 324 g/mol. The number of ether oxygens (including phenoxy) is 1. The van der Waals surface area contributed by atoms with Crippen LogP contribution < -0.4 is 10.2 Å². The summed E-state index contributed by atoms with van der Waals surface area (Å²) >= 11 is 0. The summed E-state index contributed by atoms with van der Waals surface area (Å²) in [7, 11) is 0. The quantitative estimate of drug-likeness (QED) is 0.844. The van der Waals surface area contributed by atoms with Gasteiger partial charge >= 0.3 is 0 Å². The Morgan fingerprint density at radius 2 is 1.69 bits per heavy atom. The van der Waals surface area contributed by atoms with E-state index in [1.807, 2.05) is 36.4 Å². The molecular formula is C22H28N2O2. The Bertz CT molecular complexity index is 707. The van der Waals surface area contributed by atoms with E-state index in [0.29, 0.717) is 6.42 Å². The monoisotopic (exact) mass is 352 g/mol. The van der Waals surface area contributed by atoms with E-state index in [1.54, 1.807) is 0 Å². The predicted molar refractivity (Wildman–Crippen MR) is 107 cm³/mol. The first kappa shape index (κ1) is 18.5. The van der Waals surface area contributed by atoms with Gasteiger partial charge < -0.3 is 15.0 Å². The van der Waals surface area contributed by atoms with Crippen molar-refractivity contribution in [3.8, 4) is 0 Å². The Kier molecular flexibility index (Phi) is 6.29. The number of aryl methyl sites for hydroxylation is 1. The normalized spacial score (nSPS) is 20.0. The molecule has 0 spiro atoms. The zero-order valence-electron chi connectivity index (χ0n) is 15.7. The molecule has 0 saturated carbocycles. The van der Waals surface area contributed by atoms with Crippen molar-refractivity contribution in [2.45, 2.75) is 45.3 Å². The van der Waals surface area contributed by atoms with E-state index in [-0.39, 0.29) is 18.1 Å². The summed E-state index contributed by atoms with van der Waals surface area (Å²) < 4.78 is 5.82. The number of hydrogen-bond acceptors (Lipinski definition) is 3. The number of morpholine rings is 1. The van der Waals surface area contributed by atoms with Crippen LogP contribution in [-0.4, -0.2) is 31.2 Å². The highest BCUT2D eigenvalue weighted by Crippen LogP contribution is 2.28. The molecule has 2 unspecified atom stereocenters. The van der Waals surface area contributed by atoms with E-state index in [2.05, 4.69) is 42.3 Å². The third-order valence-corrected chi connectivity index (χ3v) is 4.65. The molecule has 0 aromatic heterocycles. The fraction of sp³-hybridized carbons (Fsp3) is 0.409. The zero-order valence-corrected chi connectivity index (χ0v) is 15.7. The maximum absolute atomic E-state index is 12.4. The van der Waals surface area contributed by atoms with E-state index in [1.165, 1.54) is 5.56 Å². The zero-order chi connectivity index (χ0) is 18.4. The third-order valence-electron chi connectivity index (χ3n) is 4.65. The van der Waals surface area contributed by atoms with Crippen LogP contribution in [0.2, 0.25) is 0 Å². The Hall–Kier alpha value is -2.33. The number of hydrogen-bond donors (Lipinski definition) is 1. The van der Waals surface area contributed by atoms with Crippen LogP contribution in [0.15, 0.2) is 54.6 Å². The van der Waals surface area contributed by atoms with E-state index >= 15 is 0 Å². The molecule has 138 valence electrons. The first-order valence-electron chi connectivity index (χ1n) is 9.45. The highest BCUT2D eigenvalue weighted by molar-refractivity contribution is 5.94.